The van der Waals surface area contributed by atoms with E-state index in [-0.39, 0.29) is 29.5 Å². The van der Waals surface area contributed by atoms with Gasteiger partial charge in [0.1, 0.15) is 5.75 Å². The summed E-state index contributed by atoms with van der Waals surface area (Å²) in [7, 11) is -3.55. The Morgan fingerprint density at radius 3 is 2.57 bits per heavy atom. The molecule has 0 saturated heterocycles. The highest BCUT2D eigenvalue weighted by molar-refractivity contribution is 9.10. The van der Waals surface area contributed by atoms with Crippen molar-refractivity contribution in [2.45, 2.75) is 44.2 Å². The van der Waals surface area contributed by atoms with Gasteiger partial charge in [0.2, 0.25) is 10.0 Å². The number of carbonyl (C=O) groups is 1. The number of carbonyl (C=O) groups excluding carboxylic acids is 1. The van der Waals surface area contributed by atoms with Crippen LogP contribution >= 0.6 is 15.9 Å². The molecule has 1 N–H and O–H groups in total. The summed E-state index contributed by atoms with van der Waals surface area (Å²) in [5.41, 5.74) is 2.04. The number of amides is 1. The molecule has 0 saturated carbocycles. The Hall–Kier alpha value is -1.90. The molecule has 1 aliphatic rings. The number of sulfonamides is 1. The van der Waals surface area contributed by atoms with E-state index in [1.807, 2.05) is 25.1 Å². The van der Waals surface area contributed by atoms with Crippen molar-refractivity contribution in [3.8, 4) is 5.75 Å². The first-order chi connectivity index (χ1) is 13.2. The van der Waals surface area contributed by atoms with Crippen molar-refractivity contribution in [1.82, 2.24) is 4.72 Å². The van der Waals surface area contributed by atoms with Crippen LogP contribution < -0.4 is 14.4 Å². The highest BCUT2D eigenvalue weighted by Crippen LogP contribution is 2.34. The topological polar surface area (TPSA) is 75.7 Å². The van der Waals surface area contributed by atoms with Gasteiger partial charge >= 0.3 is 0 Å². The van der Waals surface area contributed by atoms with Crippen LogP contribution in [0.3, 0.4) is 0 Å². The highest BCUT2D eigenvalue weighted by atomic mass is 79.9. The van der Waals surface area contributed by atoms with Crippen LogP contribution in [0, 0.1) is 0 Å². The molecule has 0 aromatic heterocycles. The third kappa shape index (κ3) is 4.56. The maximum atomic E-state index is 12.7. The number of nitrogens with one attached hydrogen (secondary N) is 1. The number of benzene rings is 2. The molecular weight excluding hydrogens is 444 g/mol. The summed E-state index contributed by atoms with van der Waals surface area (Å²) in [6.45, 7) is 5.41. The average molecular weight is 467 g/mol. The molecule has 3 rings (SSSR count). The van der Waals surface area contributed by atoms with E-state index in [2.05, 4.69) is 20.7 Å². The lowest BCUT2D eigenvalue weighted by molar-refractivity contribution is -0.120. The molecule has 28 heavy (non-hydrogen) atoms. The van der Waals surface area contributed by atoms with Crippen LogP contribution in [0.2, 0.25) is 0 Å². The number of nitrogens with zero attached hydrogens (tertiary/aromatic N) is 1. The first-order valence-corrected chi connectivity index (χ1v) is 11.3. The van der Waals surface area contributed by atoms with Crippen LogP contribution in [0.5, 0.6) is 5.75 Å². The zero-order valence-corrected chi connectivity index (χ0v) is 18.4. The molecule has 1 atom stereocenters. The Morgan fingerprint density at radius 2 is 1.93 bits per heavy atom. The maximum absolute atomic E-state index is 12.7. The van der Waals surface area contributed by atoms with Crippen molar-refractivity contribution in [3.05, 3.63) is 52.5 Å². The number of anilines is 1. The van der Waals surface area contributed by atoms with Crippen molar-refractivity contribution in [2.24, 2.45) is 0 Å². The van der Waals surface area contributed by atoms with Gasteiger partial charge in [-0.3, -0.25) is 4.79 Å². The lowest BCUT2D eigenvalue weighted by atomic mass is 10.1. The fourth-order valence-corrected chi connectivity index (χ4v) is 4.95. The van der Waals surface area contributed by atoms with Crippen LogP contribution in [-0.4, -0.2) is 33.0 Å². The van der Waals surface area contributed by atoms with Crippen LogP contribution in [0.25, 0.3) is 0 Å². The van der Waals surface area contributed by atoms with Gasteiger partial charge in [0.25, 0.3) is 5.91 Å². The van der Waals surface area contributed by atoms with Crippen LogP contribution in [0.4, 0.5) is 5.69 Å². The molecule has 0 unspecified atom stereocenters. The van der Waals surface area contributed by atoms with E-state index in [0.717, 1.165) is 22.1 Å². The molecule has 6 nitrogen and oxygen atoms in total. The predicted octanol–water partition coefficient (Wildman–Crippen LogP) is 3.49. The zero-order chi connectivity index (χ0) is 20.5. The second-order valence-corrected chi connectivity index (χ2v) is 9.76. The van der Waals surface area contributed by atoms with Crippen molar-refractivity contribution in [3.63, 3.8) is 0 Å². The number of rotatable bonds is 6. The average Bonchev–Trinajstić information content (AvgIpc) is 2.93. The van der Waals surface area contributed by atoms with Crippen molar-refractivity contribution >= 4 is 37.5 Å². The van der Waals surface area contributed by atoms with E-state index >= 15 is 0 Å². The molecule has 1 aliphatic heterocycles. The Kier molecular flexibility index (Phi) is 6.12. The summed E-state index contributed by atoms with van der Waals surface area (Å²) in [6, 6.07) is 11.8. The smallest absolute Gasteiger partial charge is 0.265 e. The van der Waals surface area contributed by atoms with Crippen LogP contribution in [-0.2, 0) is 21.2 Å². The summed E-state index contributed by atoms with van der Waals surface area (Å²) < 4.78 is 33.4. The van der Waals surface area contributed by atoms with Gasteiger partial charge in [-0.05, 0) is 75.2 Å². The largest absolute Gasteiger partial charge is 0.484 e. The molecular formula is C20H23BrN2O4S. The molecule has 8 heteroatoms. The molecule has 2 aromatic carbocycles. The minimum atomic E-state index is -3.55. The second-order valence-electron chi connectivity index (χ2n) is 7.13. The van der Waals surface area contributed by atoms with Gasteiger partial charge in [0.05, 0.1) is 4.90 Å². The van der Waals surface area contributed by atoms with Crippen molar-refractivity contribution in [2.75, 3.05) is 11.5 Å². The molecule has 0 spiro atoms. The minimum absolute atomic E-state index is 0.0648. The van der Waals surface area contributed by atoms with E-state index < -0.39 is 10.0 Å². The van der Waals surface area contributed by atoms with Gasteiger partial charge in [-0.25, -0.2) is 13.1 Å². The van der Waals surface area contributed by atoms with E-state index in [1.165, 1.54) is 12.1 Å². The van der Waals surface area contributed by atoms with E-state index in [4.69, 9.17) is 4.74 Å². The highest BCUT2D eigenvalue weighted by Gasteiger charge is 2.31. The monoisotopic (exact) mass is 466 g/mol. The fraction of sp³-hybridized carbons (Fsp3) is 0.350. The number of ether oxygens (including phenoxy) is 1. The standard InChI is InChI=1S/C20H23BrN2O4S/c1-13(2)22-28(25,26)18-7-5-17(6-8-18)27-12-20(24)23-14(3)10-15-11-16(21)4-9-19(15)23/h4-9,11,13-14,22H,10,12H2,1-3H3/t14-/m0/s1. The number of hydrogen-bond acceptors (Lipinski definition) is 4. The van der Waals surface area contributed by atoms with Gasteiger partial charge in [-0.1, -0.05) is 15.9 Å². The Morgan fingerprint density at radius 1 is 1.25 bits per heavy atom. The van der Waals surface area contributed by atoms with Gasteiger partial charge in [0, 0.05) is 22.2 Å². The van der Waals surface area contributed by atoms with Crippen LogP contribution in [0.1, 0.15) is 26.3 Å². The van der Waals surface area contributed by atoms with Gasteiger partial charge in [0.15, 0.2) is 6.61 Å². The van der Waals surface area contributed by atoms with Gasteiger partial charge in [-0.15, -0.1) is 0 Å². The quantitative estimate of drug-likeness (QED) is 0.706. The minimum Gasteiger partial charge on any atom is -0.484 e. The molecule has 0 aliphatic carbocycles. The third-order valence-electron chi connectivity index (χ3n) is 4.41. The van der Waals surface area contributed by atoms with E-state index in [1.54, 1.807) is 30.9 Å². The molecule has 1 amide bonds. The predicted molar refractivity (Wildman–Crippen MR) is 112 cm³/mol. The van der Waals surface area contributed by atoms with E-state index in [0.29, 0.717) is 5.75 Å². The zero-order valence-electron chi connectivity index (χ0n) is 16.0. The van der Waals surface area contributed by atoms with Gasteiger partial charge in [-0.2, -0.15) is 0 Å². The summed E-state index contributed by atoms with van der Waals surface area (Å²) in [6.07, 6.45) is 0.802. The van der Waals surface area contributed by atoms with Crippen molar-refractivity contribution < 1.29 is 17.9 Å². The second kappa shape index (κ2) is 8.23. The Bertz CT molecular complexity index is 974. The first-order valence-electron chi connectivity index (χ1n) is 9.03. The summed E-state index contributed by atoms with van der Waals surface area (Å²) in [4.78, 5) is 14.6. The molecule has 0 fully saturated rings. The normalized spacial score (nSPS) is 16.3. The number of hydrogen-bond donors (Lipinski definition) is 1. The van der Waals surface area contributed by atoms with Crippen LogP contribution in [0.15, 0.2) is 51.8 Å². The summed E-state index contributed by atoms with van der Waals surface area (Å²) in [5.74, 6) is 0.312. The summed E-state index contributed by atoms with van der Waals surface area (Å²) >= 11 is 3.46. The van der Waals surface area contributed by atoms with Gasteiger partial charge < -0.3 is 9.64 Å². The lowest BCUT2D eigenvalue weighted by Crippen LogP contribution is -2.39. The summed E-state index contributed by atoms with van der Waals surface area (Å²) in [5, 5.41) is 0. The SMILES string of the molecule is CC(C)NS(=O)(=O)c1ccc(OCC(=O)N2c3ccc(Br)cc3C[C@@H]2C)cc1. The number of halogens is 1. The third-order valence-corrected chi connectivity index (χ3v) is 6.58. The molecule has 0 bridgehead atoms. The lowest BCUT2D eigenvalue weighted by Gasteiger charge is -2.22. The first kappa shape index (κ1) is 20.8. The van der Waals surface area contributed by atoms with E-state index in [9.17, 15) is 13.2 Å². The molecule has 150 valence electrons. The van der Waals surface area contributed by atoms with Crippen molar-refractivity contribution in [1.29, 1.82) is 0 Å². The molecule has 0 radical (unpaired) electrons. The Balaban J connectivity index is 1.66. The fourth-order valence-electron chi connectivity index (χ4n) is 3.29. The maximum Gasteiger partial charge on any atom is 0.265 e. The molecule has 1 heterocycles. The number of fused-ring (bicyclic) bond motifs is 1. The molecule has 2 aromatic rings. The Labute approximate surface area is 174 Å².